The number of nitrogens with zero attached hydrogens (tertiary/aromatic N) is 1. The van der Waals surface area contributed by atoms with Gasteiger partial charge in [0.15, 0.2) is 0 Å². The Morgan fingerprint density at radius 1 is 1.40 bits per heavy atom. The first-order valence-corrected chi connectivity index (χ1v) is 4.96. The predicted molar refractivity (Wildman–Crippen MR) is 59.5 cm³/mol. The zero-order valence-electron chi connectivity index (χ0n) is 9.43. The van der Waals surface area contributed by atoms with Gasteiger partial charge in [-0.25, -0.2) is 0 Å². The van der Waals surface area contributed by atoms with E-state index in [0.29, 0.717) is 0 Å². The summed E-state index contributed by atoms with van der Waals surface area (Å²) in [6.07, 6.45) is 0. The smallest absolute Gasteiger partial charge is 0.248 e. The van der Waals surface area contributed by atoms with Gasteiger partial charge in [0.05, 0.1) is 6.04 Å². The van der Waals surface area contributed by atoms with Crippen LogP contribution in [0.3, 0.4) is 0 Å². The number of benzene rings is 1. The molecule has 0 saturated heterocycles. The van der Waals surface area contributed by atoms with Gasteiger partial charge in [-0.3, -0.25) is 4.79 Å². The Hall–Kier alpha value is -1.35. The molecular formula is C12H17NO2. The number of methoxy groups -OCH3 is 1. The average Bonchev–Trinajstić information content (AvgIpc) is 2.28. The first-order chi connectivity index (χ1) is 7.16. The molecule has 0 aliphatic carbocycles. The maximum Gasteiger partial charge on any atom is 0.248 e. The summed E-state index contributed by atoms with van der Waals surface area (Å²) in [7, 11) is 3.32. The quantitative estimate of drug-likeness (QED) is 0.754. The van der Waals surface area contributed by atoms with Crippen molar-refractivity contribution in [3.63, 3.8) is 0 Å². The first kappa shape index (κ1) is 11.7. The molecular weight excluding hydrogens is 190 g/mol. The second-order valence-corrected chi connectivity index (χ2v) is 3.52. The molecule has 0 fully saturated rings. The van der Waals surface area contributed by atoms with Crippen LogP contribution in [0.2, 0.25) is 0 Å². The third kappa shape index (κ3) is 3.06. The Kier molecular flexibility index (Phi) is 4.31. The molecule has 0 saturated carbocycles. The molecule has 15 heavy (non-hydrogen) atoms. The van der Waals surface area contributed by atoms with Crippen LogP contribution in [-0.2, 0) is 9.53 Å². The lowest BCUT2D eigenvalue weighted by Gasteiger charge is -2.25. The third-order valence-electron chi connectivity index (χ3n) is 2.52. The Morgan fingerprint density at radius 2 is 2.00 bits per heavy atom. The number of ether oxygens (including phenoxy) is 1. The van der Waals surface area contributed by atoms with Crippen molar-refractivity contribution in [1.82, 2.24) is 4.90 Å². The van der Waals surface area contributed by atoms with E-state index in [-0.39, 0.29) is 18.6 Å². The lowest BCUT2D eigenvalue weighted by atomic mass is 10.1. The van der Waals surface area contributed by atoms with Crippen molar-refractivity contribution in [2.45, 2.75) is 13.0 Å². The second kappa shape index (κ2) is 5.51. The molecule has 0 radical (unpaired) electrons. The SMILES string of the molecule is COCC(=O)N(C)C(C)c1ccccc1. The highest BCUT2D eigenvalue weighted by atomic mass is 16.5. The molecule has 1 atom stereocenters. The lowest BCUT2D eigenvalue weighted by molar-refractivity contribution is -0.135. The van der Waals surface area contributed by atoms with E-state index in [1.54, 1.807) is 11.9 Å². The molecule has 0 heterocycles. The Bertz CT molecular complexity index is 311. The molecule has 82 valence electrons. The monoisotopic (exact) mass is 207 g/mol. The standard InChI is InChI=1S/C12H17NO2/c1-10(11-7-5-4-6-8-11)13(2)12(14)9-15-3/h4-8,10H,9H2,1-3H3. The van der Waals surface area contributed by atoms with Gasteiger partial charge in [0.2, 0.25) is 5.91 Å². The molecule has 3 heteroatoms. The maximum absolute atomic E-state index is 11.6. The summed E-state index contributed by atoms with van der Waals surface area (Å²) >= 11 is 0. The summed E-state index contributed by atoms with van der Waals surface area (Å²) in [6, 6.07) is 10.0. The summed E-state index contributed by atoms with van der Waals surface area (Å²) in [5.74, 6) is -0.00569. The van der Waals surface area contributed by atoms with Crippen molar-refractivity contribution < 1.29 is 9.53 Å². The summed E-state index contributed by atoms with van der Waals surface area (Å²) in [4.78, 5) is 13.3. The molecule has 3 nitrogen and oxygen atoms in total. The average molecular weight is 207 g/mol. The molecule has 0 aromatic heterocycles. The molecule has 0 spiro atoms. The van der Waals surface area contributed by atoms with Crippen molar-refractivity contribution in [2.24, 2.45) is 0 Å². The third-order valence-corrected chi connectivity index (χ3v) is 2.52. The topological polar surface area (TPSA) is 29.5 Å². The molecule has 1 unspecified atom stereocenters. The highest BCUT2D eigenvalue weighted by Gasteiger charge is 2.16. The van der Waals surface area contributed by atoms with Crippen molar-refractivity contribution in [3.8, 4) is 0 Å². The molecule has 0 bridgehead atoms. The fourth-order valence-electron chi connectivity index (χ4n) is 1.40. The molecule has 1 aromatic carbocycles. The van der Waals surface area contributed by atoms with Gasteiger partial charge in [-0.1, -0.05) is 30.3 Å². The predicted octanol–water partition coefficient (Wildman–Crippen LogP) is 1.85. The largest absolute Gasteiger partial charge is 0.375 e. The van der Waals surface area contributed by atoms with Crippen LogP contribution in [0.5, 0.6) is 0 Å². The minimum atomic E-state index is -0.00569. The fraction of sp³-hybridized carbons (Fsp3) is 0.417. The molecule has 0 aliphatic heterocycles. The van der Waals surface area contributed by atoms with Gasteiger partial charge in [0, 0.05) is 14.2 Å². The maximum atomic E-state index is 11.6. The first-order valence-electron chi connectivity index (χ1n) is 4.96. The molecule has 1 amide bonds. The van der Waals surface area contributed by atoms with Crippen molar-refractivity contribution in [2.75, 3.05) is 20.8 Å². The Morgan fingerprint density at radius 3 is 2.53 bits per heavy atom. The van der Waals surface area contributed by atoms with Crippen molar-refractivity contribution >= 4 is 5.91 Å². The van der Waals surface area contributed by atoms with Gasteiger partial charge in [-0.05, 0) is 12.5 Å². The highest BCUT2D eigenvalue weighted by Crippen LogP contribution is 2.17. The summed E-state index contributed by atoms with van der Waals surface area (Å²) < 4.78 is 4.82. The summed E-state index contributed by atoms with van der Waals surface area (Å²) in [5.41, 5.74) is 1.13. The van der Waals surface area contributed by atoms with Crippen LogP contribution in [0, 0.1) is 0 Å². The van der Waals surface area contributed by atoms with Gasteiger partial charge in [0.25, 0.3) is 0 Å². The number of hydrogen-bond acceptors (Lipinski definition) is 2. The fourth-order valence-corrected chi connectivity index (χ4v) is 1.40. The van der Waals surface area contributed by atoms with Gasteiger partial charge >= 0.3 is 0 Å². The number of hydrogen-bond donors (Lipinski definition) is 0. The van der Waals surface area contributed by atoms with E-state index in [4.69, 9.17) is 4.74 Å². The van der Waals surface area contributed by atoms with Gasteiger partial charge in [0.1, 0.15) is 6.61 Å². The number of carbonyl (C=O) groups is 1. The zero-order chi connectivity index (χ0) is 11.3. The van der Waals surface area contributed by atoms with Gasteiger partial charge < -0.3 is 9.64 Å². The number of carbonyl (C=O) groups excluding carboxylic acids is 1. The van der Waals surface area contributed by atoms with Gasteiger partial charge in [-0.15, -0.1) is 0 Å². The minimum Gasteiger partial charge on any atom is -0.375 e. The van der Waals surface area contributed by atoms with E-state index in [1.165, 1.54) is 7.11 Å². The minimum absolute atomic E-state index is 0.00569. The highest BCUT2D eigenvalue weighted by molar-refractivity contribution is 5.77. The Balaban J connectivity index is 2.68. The molecule has 1 aromatic rings. The number of amides is 1. The van der Waals surface area contributed by atoms with Crippen LogP contribution >= 0.6 is 0 Å². The van der Waals surface area contributed by atoms with E-state index in [9.17, 15) is 4.79 Å². The summed E-state index contributed by atoms with van der Waals surface area (Å²) in [5, 5.41) is 0. The van der Waals surface area contributed by atoms with Crippen LogP contribution in [0.25, 0.3) is 0 Å². The number of rotatable bonds is 4. The molecule has 0 N–H and O–H groups in total. The van der Waals surface area contributed by atoms with Crippen molar-refractivity contribution in [1.29, 1.82) is 0 Å². The lowest BCUT2D eigenvalue weighted by Crippen LogP contribution is -2.32. The normalized spacial score (nSPS) is 12.2. The van der Waals surface area contributed by atoms with Crippen LogP contribution in [0.1, 0.15) is 18.5 Å². The summed E-state index contributed by atoms with van der Waals surface area (Å²) in [6.45, 7) is 2.14. The van der Waals surface area contributed by atoms with Crippen LogP contribution in [0.4, 0.5) is 0 Å². The molecule has 1 rings (SSSR count). The van der Waals surface area contributed by atoms with Crippen LogP contribution in [0.15, 0.2) is 30.3 Å². The zero-order valence-corrected chi connectivity index (χ0v) is 9.43. The Labute approximate surface area is 90.7 Å². The van der Waals surface area contributed by atoms with Gasteiger partial charge in [-0.2, -0.15) is 0 Å². The second-order valence-electron chi connectivity index (χ2n) is 3.52. The van der Waals surface area contributed by atoms with Crippen LogP contribution < -0.4 is 0 Å². The number of likely N-dealkylation sites (N-methyl/N-ethyl adjacent to an activating group) is 1. The van der Waals surface area contributed by atoms with E-state index in [2.05, 4.69) is 0 Å². The van der Waals surface area contributed by atoms with Crippen molar-refractivity contribution in [3.05, 3.63) is 35.9 Å². The molecule has 0 aliphatic rings. The van der Waals surface area contributed by atoms with Crippen LogP contribution in [-0.4, -0.2) is 31.6 Å². The van der Waals surface area contributed by atoms with E-state index < -0.39 is 0 Å². The van der Waals surface area contributed by atoms with E-state index in [0.717, 1.165) is 5.56 Å². The van der Waals surface area contributed by atoms with E-state index in [1.807, 2.05) is 37.3 Å². The van der Waals surface area contributed by atoms with E-state index >= 15 is 0 Å².